The standard InChI is InChI=1S/C11H10F3N3O/c12-11(13,14)9-2-1-7(5-15)10(16-9)17-4-3-8(18)6-17/h1-2,8,18H,3-4,6H2. The molecule has 1 aromatic heterocycles. The highest BCUT2D eigenvalue weighted by Gasteiger charge is 2.34. The van der Waals surface area contributed by atoms with Gasteiger partial charge in [0, 0.05) is 13.1 Å². The van der Waals surface area contributed by atoms with Crippen LogP contribution in [0.5, 0.6) is 0 Å². The van der Waals surface area contributed by atoms with Crippen molar-refractivity contribution in [1.29, 1.82) is 5.26 Å². The topological polar surface area (TPSA) is 60.2 Å². The molecule has 2 rings (SSSR count). The van der Waals surface area contributed by atoms with Crippen molar-refractivity contribution in [2.45, 2.75) is 18.7 Å². The van der Waals surface area contributed by atoms with Gasteiger partial charge in [0.25, 0.3) is 0 Å². The van der Waals surface area contributed by atoms with Crippen LogP contribution in [-0.4, -0.2) is 29.3 Å². The molecule has 4 nitrogen and oxygen atoms in total. The molecule has 1 aliphatic rings. The van der Waals surface area contributed by atoms with Crippen LogP contribution < -0.4 is 4.90 Å². The summed E-state index contributed by atoms with van der Waals surface area (Å²) in [5.74, 6) is -0.0103. The van der Waals surface area contributed by atoms with Gasteiger partial charge in [0.05, 0.1) is 11.7 Å². The Morgan fingerprint density at radius 2 is 2.17 bits per heavy atom. The molecule has 1 atom stereocenters. The van der Waals surface area contributed by atoms with Crippen molar-refractivity contribution in [1.82, 2.24) is 4.98 Å². The van der Waals surface area contributed by atoms with Gasteiger partial charge >= 0.3 is 6.18 Å². The largest absolute Gasteiger partial charge is 0.433 e. The fourth-order valence-electron chi connectivity index (χ4n) is 1.87. The van der Waals surface area contributed by atoms with Crippen molar-refractivity contribution in [3.05, 3.63) is 23.4 Å². The predicted octanol–water partition coefficient (Wildman–Crippen LogP) is 1.54. The Labute approximate surface area is 101 Å². The summed E-state index contributed by atoms with van der Waals surface area (Å²) in [4.78, 5) is 5.00. The van der Waals surface area contributed by atoms with Gasteiger partial charge in [0.2, 0.25) is 0 Å². The molecule has 1 fully saturated rings. The van der Waals surface area contributed by atoms with Gasteiger partial charge in [-0.3, -0.25) is 0 Å². The molecule has 96 valence electrons. The maximum Gasteiger partial charge on any atom is 0.433 e. The summed E-state index contributed by atoms with van der Waals surface area (Å²) in [5, 5.41) is 18.3. The van der Waals surface area contributed by atoms with Crippen LogP contribution in [0.25, 0.3) is 0 Å². The summed E-state index contributed by atoms with van der Waals surface area (Å²) in [6.07, 6.45) is -4.67. The zero-order valence-electron chi connectivity index (χ0n) is 9.28. The number of nitriles is 1. The van der Waals surface area contributed by atoms with E-state index in [0.29, 0.717) is 13.0 Å². The number of β-amino-alcohol motifs (C(OH)–C–C–N with tert-alkyl or cyclic N) is 1. The molecule has 0 saturated carbocycles. The molecule has 1 aromatic rings. The Bertz CT molecular complexity index is 495. The Morgan fingerprint density at radius 1 is 1.44 bits per heavy atom. The first kappa shape index (κ1) is 12.6. The SMILES string of the molecule is N#Cc1ccc(C(F)(F)F)nc1N1CCC(O)C1. The van der Waals surface area contributed by atoms with Gasteiger partial charge in [-0.1, -0.05) is 0 Å². The molecule has 2 heterocycles. The highest BCUT2D eigenvalue weighted by Crippen LogP contribution is 2.31. The number of rotatable bonds is 1. The van der Waals surface area contributed by atoms with E-state index in [-0.39, 0.29) is 17.9 Å². The van der Waals surface area contributed by atoms with Crippen LogP contribution in [0.3, 0.4) is 0 Å². The first-order valence-corrected chi connectivity index (χ1v) is 5.33. The van der Waals surface area contributed by atoms with Crippen molar-refractivity contribution in [3.8, 4) is 6.07 Å². The summed E-state index contributed by atoms with van der Waals surface area (Å²) < 4.78 is 37.7. The first-order valence-electron chi connectivity index (χ1n) is 5.33. The van der Waals surface area contributed by atoms with E-state index in [2.05, 4.69) is 4.98 Å². The molecule has 0 aromatic carbocycles. The molecule has 7 heteroatoms. The zero-order valence-corrected chi connectivity index (χ0v) is 9.28. The average molecular weight is 257 g/mol. The number of anilines is 1. The summed E-state index contributed by atoms with van der Waals surface area (Å²) in [5.41, 5.74) is -0.949. The van der Waals surface area contributed by atoms with E-state index in [1.807, 2.05) is 6.07 Å². The summed E-state index contributed by atoms with van der Waals surface area (Å²) in [6.45, 7) is 0.590. The number of hydrogen-bond donors (Lipinski definition) is 1. The van der Waals surface area contributed by atoms with Crippen molar-refractivity contribution < 1.29 is 18.3 Å². The van der Waals surface area contributed by atoms with Crippen LogP contribution in [0.1, 0.15) is 17.7 Å². The van der Waals surface area contributed by atoms with Gasteiger partial charge in [-0.05, 0) is 18.6 Å². The van der Waals surface area contributed by atoms with Crippen molar-refractivity contribution >= 4 is 5.82 Å². The van der Waals surface area contributed by atoms with E-state index in [1.54, 1.807) is 0 Å². The van der Waals surface area contributed by atoms with E-state index in [0.717, 1.165) is 12.1 Å². The summed E-state index contributed by atoms with van der Waals surface area (Å²) >= 11 is 0. The van der Waals surface area contributed by atoms with E-state index >= 15 is 0 Å². The van der Waals surface area contributed by atoms with Crippen LogP contribution in [-0.2, 0) is 6.18 Å². The molecule has 1 N–H and O–H groups in total. The fourth-order valence-corrected chi connectivity index (χ4v) is 1.87. The number of aromatic nitrogens is 1. The minimum atomic E-state index is -4.54. The Hall–Kier alpha value is -1.81. The second kappa shape index (κ2) is 4.46. The second-order valence-electron chi connectivity index (χ2n) is 4.07. The van der Waals surface area contributed by atoms with Crippen LogP contribution in [0.4, 0.5) is 19.0 Å². The molecular formula is C11H10F3N3O. The maximum absolute atomic E-state index is 12.6. The maximum atomic E-state index is 12.6. The molecule has 1 unspecified atom stereocenters. The van der Waals surface area contributed by atoms with Gasteiger partial charge < -0.3 is 10.0 Å². The molecule has 1 aliphatic heterocycles. The molecule has 0 radical (unpaired) electrons. The van der Waals surface area contributed by atoms with E-state index in [1.165, 1.54) is 4.90 Å². The zero-order chi connectivity index (χ0) is 13.3. The van der Waals surface area contributed by atoms with Crippen molar-refractivity contribution in [3.63, 3.8) is 0 Å². The highest BCUT2D eigenvalue weighted by molar-refractivity contribution is 5.55. The number of aliphatic hydroxyl groups excluding tert-OH is 1. The third kappa shape index (κ3) is 2.38. The van der Waals surface area contributed by atoms with Crippen LogP contribution in [0.15, 0.2) is 12.1 Å². The molecular weight excluding hydrogens is 247 g/mol. The molecule has 18 heavy (non-hydrogen) atoms. The molecule has 0 amide bonds. The van der Waals surface area contributed by atoms with Crippen molar-refractivity contribution in [2.75, 3.05) is 18.0 Å². The van der Waals surface area contributed by atoms with Gasteiger partial charge in [-0.2, -0.15) is 18.4 Å². The lowest BCUT2D eigenvalue weighted by molar-refractivity contribution is -0.141. The normalized spacial score (nSPS) is 19.9. The minimum absolute atomic E-state index is 0.0103. The molecule has 1 saturated heterocycles. The first-order chi connectivity index (χ1) is 8.41. The van der Waals surface area contributed by atoms with E-state index in [4.69, 9.17) is 5.26 Å². The summed E-state index contributed by atoms with van der Waals surface area (Å²) in [6, 6.07) is 3.71. The molecule has 0 bridgehead atoms. The van der Waals surface area contributed by atoms with Gasteiger partial charge in [0.15, 0.2) is 0 Å². The summed E-state index contributed by atoms with van der Waals surface area (Å²) in [7, 11) is 0. The lowest BCUT2D eigenvalue weighted by Gasteiger charge is -2.19. The number of aliphatic hydroxyl groups is 1. The fraction of sp³-hybridized carbons (Fsp3) is 0.455. The number of alkyl halides is 3. The van der Waals surface area contributed by atoms with Gasteiger partial charge in [0.1, 0.15) is 17.6 Å². The lowest BCUT2D eigenvalue weighted by Crippen LogP contribution is -2.24. The number of pyridine rings is 1. The average Bonchev–Trinajstić information content (AvgIpc) is 2.73. The number of halogens is 3. The van der Waals surface area contributed by atoms with Crippen LogP contribution in [0, 0.1) is 11.3 Å². The number of nitrogens with zero attached hydrogens (tertiary/aromatic N) is 3. The van der Waals surface area contributed by atoms with Crippen LogP contribution >= 0.6 is 0 Å². The Balaban J connectivity index is 2.41. The number of hydrogen-bond acceptors (Lipinski definition) is 4. The highest BCUT2D eigenvalue weighted by atomic mass is 19.4. The second-order valence-corrected chi connectivity index (χ2v) is 4.07. The third-order valence-electron chi connectivity index (χ3n) is 2.75. The monoisotopic (exact) mass is 257 g/mol. The van der Waals surface area contributed by atoms with Crippen LogP contribution in [0.2, 0.25) is 0 Å². The predicted molar refractivity (Wildman–Crippen MR) is 56.8 cm³/mol. The van der Waals surface area contributed by atoms with E-state index in [9.17, 15) is 18.3 Å². The molecule has 0 spiro atoms. The quantitative estimate of drug-likeness (QED) is 0.829. The van der Waals surface area contributed by atoms with Gasteiger partial charge in [-0.25, -0.2) is 4.98 Å². The minimum Gasteiger partial charge on any atom is -0.391 e. The third-order valence-corrected chi connectivity index (χ3v) is 2.75. The Morgan fingerprint density at radius 3 is 2.67 bits per heavy atom. The smallest absolute Gasteiger partial charge is 0.391 e. The van der Waals surface area contributed by atoms with E-state index < -0.39 is 18.0 Å². The van der Waals surface area contributed by atoms with Crippen molar-refractivity contribution in [2.24, 2.45) is 0 Å². The van der Waals surface area contributed by atoms with Gasteiger partial charge in [-0.15, -0.1) is 0 Å². The lowest BCUT2D eigenvalue weighted by atomic mass is 10.2. The molecule has 0 aliphatic carbocycles. The Kier molecular flexibility index (Phi) is 3.13.